The van der Waals surface area contributed by atoms with E-state index in [1.807, 2.05) is 35.0 Å². The maximum Gasteiger partial charge on any atom is 0.255 e. The Morgan fingerprint density at radius 3 is 2.86 bits per heavy atom. The first-order valence-electron chi connectivity index (χ1n) is 6.46. The third-order valence-electron chi connectivity index (χ3n) is 3.33. The van der Waals surface area contributed by atoms with E-state index in [2.05, 4.69) is 27.1 Å². The summed E-state index contributed by atoms with van der Waals surface area (Å²) < 4.78 is 0. The molecule has 0 bridgehead atoms. The molecule has 2 N–H and O–H groups in total. The Kier molecular flexibility index (Phi) is 2.98. The second-order valence-electron chi connectivity index (χ2n) is 4.69. The average Bonchev–Trinajstić information content (AvgIpc) is 3.18. The van der Waals surface area contributed by atoms with Crippen molar-refractivity contribution < 1.29 is 4.79 Å². The van der Waals surface area contributed by atoms with Gasteiger partial charge >= 0.3 is 0 Å². The fourth-order valence-corrected chi connectivity index (χ4v) is 3.85. The number of hydrogen-bond donors (Lipinski definition) is 2. The Morgan fingerprint density at radius 1 is 1.10 bits per heavy atom. The molecule has 0 aliphatic carbocycles. The van der Waals surface area contributed by atoms with E-state index >= 15 is 0 Å². The lowest BCUT2D eigenvalue weighted by Gasteiger charge is -2.26. The number of carbonyl (C=O) groups excluding carboxylic acids is 1. The molecule has 6 heteroatoms. The van der Waals surface area contributed by atoms with Crippen molar-refractivity contribution in [2.45, 2.75) is 6.17 Å². The van der Waals surface area contributed by atoms with Crippen LogP contribution >= 0.6 is 22.7 Å². The van der Waals surface area contributed by atoms with E-state index in [1.54, 1.807) is 22.7 Å². The van der Waals surface area contributed by atoms with E-state index < -0.39 is 0 Å². The summed E-state index contributed by atoms with van der Waals surface area (Å²) in [6, 6.07) is 9.55. The van der Waals surface area contributed by atoms with E-state index in [0.29, 0.717) is 5.56 Å². The van der Waals surface area contributed by atoms with Gasteiger partial charge in [-0.05, 0) is 23.6 Å². The van der Waals surface area contributed by atoms with Crippen molar-refractivity contribution in [1.82, 2.24) is 10.3 Å². The summed E-state index contributed by atoms with van der Waals surface area (Å²) in [6.07, 6.45) is -0.281. The standard InChI is InChI=1S/C15H11N3OS2/c19-14-10-3-1-2-4-11(10)16-13(18-14)12-8-21-15(17-12)9-5-6-20-7-9/h1-8,13,16H,(H,18,19). The molecule has 1 amide bonds. The van der Waals surface area contributed by atoms with Crippen molar-refractivity contribution in [3.8, 4) is 10.6 Å². The normalized spacial score (nSPS) is 17.0. The predicted octanol–water partition coefficient (Wildman–Crippen LogP) is 3.73. The van der Waals surface area contributed by atoms with Gasteiger partial charge in [-0.15, -0.1) is 11.3 Å². The van der Waals surface area contributed by atoms with Crippen LogP contribution in [0.1, 0.15) is 22.2 Å². The van der Waals surface area contributed by atoms with Gasteiger partial charge in [-0.25, -0.2) is 4.98 Å². The van der Waals surface area contributed by atoms with Crippen molar-refractivity contribution in [1.29, 1.82) is 0 Å². The van der Waals surface area contributed by atoms with Crippen LogP contribution in [0, 0.1) is 0 Å². The fourth-order valence-electron chi connectivity index (χ4n) is 2.29. The van der Waals surface area contributed by atoms with Gasteiger partial charge in [0, 0.05) is 22.0 Å². The minimum absolute atomic E-state index is 0.0700. The van der Waals surface area contributed by atoms with Crippen LogP contribution < -0.4 is 10.6 Å². The SMILES string of the molecule is O=C1NC(c2csc(-c3ccsc3)n2)Nc2ccccc21. The maximum atomic E-state index is 12.1. The number of nitrogens with one attached hydrogen (secondary N) is 2. The topological polar surface area (TPSA) is 54.0 Å². The van der Waals surface area contributed by atoms with Crippen LogP contribution in [0.5, 0.6) is 0 Å². The number of anilines is 1. The van der Waals surface area contributed by atoms with Gasteiger partial charge in [0.25, 0.3) is 5.91 Å². The minimum Gasteiger partial charge on any atom is -0.360 e. The van der Waals surface area contributed by atoms with Gasteiger partial charge in [0.15, 0.2) is 0 Å². The van der Waals surface area contributed by atoms with Crippen LogP contribution in [0.3, 0.4) is 0 Å². The van der Waals surface area contributed by atoms with E-state index in [4.69, 9.17) is 0 Å². The van der Waals surface area contributed by atoms with Crippen LogP contribution in [0.25, 0.3) is 10.6 Å². The Balaban J connectivity index is 1.65. The molecule has 1 aromatic carbocycles. The highest BCUT2D eigenvalue weighted by atomic mass is 32.1. The second kappa shape index (κ2) is 4.98. The molecule has 2 aromatic heterocycles. The zero-order valence-corrected chi connectivity index (χ0v) is 12.5. The highest BCUT2D eigenvalue weighted by molar-refractivity contribution is 7.14. The molecule has 3 heterocycles. The molecule has 4 rings (SSSR count). The van der Waals surface area contributed by atoms with Crippen LogP contribution in [-0.4, -0.2) is 10.9 Å². The van der Waals surface area contributed by atoms with Gasteiger partial charge in [-0.1, -0.05) is 12.1 Å². The highest BCUT2D eigenvalue weighted by Gasteiger charge is 2.25. The van der Waals surface area contributed by atoms with Gasteiger partial charge in [-0.3, -0.25) is 4.79 Å². The molecule has 4 nitrogen and oxygen atoms in total. The Bertz CT molecular complexity index is 795. The Labute approximate surface area is 129 Å². The smallest absolute Gasteiger partial charge is 0.255 e. The molecule has 1 aliphatic rings. The minimum atomic E-state index is -0.281. The van der Waals surface area contributed by atoms with E-state index in [1.165, 1.54) is 0 Å². The zero-order valence-electron chi connectivity index (χ0n) is 10.9. The zero-order chi connectivity index (χ0) is 14.2. The van der Waals surface area contributed by atoms with Crippen molar-refractivity contribution in [3.05, 3.63) is 57.7 Å². The molecule has 0 spiro atoms. The van der Waals surface area contributed by atoms with Crippen molar-refractivity contribution >= 4 is 34.3 Å². The first-order valence-corrected chi connectivity index (χ1v) is 8.28. The molecule has 0 radical (unpaired) electrons. The van der Waals surface area contributed by atoms with E-state index in [-0.39, 0.29) is 12.1 Å². The summed E-state index contributed by atoms with van der Waals surface area (Å²) in [5.41, 5.74) is 3.47. The number of thiazole rings is 1. The van der Waals surface area contributed by atoms with E-state index in [0.717, 1.165) is 22.0 Å². The van der Waals surface area contributed by atoms with Gasteiger partial charge in [0.1, 0.15) is 11.2 Å². The van der Waals surface area contributed by atoms with Crippen molar-refractivity contribution in [2.24, 2.45) is 0 Å². The number of carbonyl (C=O) groups is 1. The third kappa shape index (κ3) is 2.22. The number of nitrogens with zero attached hydrogens (tertiary/aromatic N) is 1. The summed E-state index contributed by atoms with van der Waals surface area (Å²) in [5.74, 6) is -0.0700. The predicted molar refractivity (Wildman–Crippen MR) is 85.7 cm³/mol. The molecule has 104 valence electrons. The second-order valence-corrected chi connectivity index (χ2v) is 6.32. The lowest BCUT2D eigenvalue weighted by Crippen LogP contribution is -2.38. The maximum absolute atomic E-state index is 12.1. The number of rotatable bonds is 2. The largest absolute Gasteiger partial charge is 0.360 e. The molecule has 0 saturated heterocycles. The monoisotopic (exact) mass is 313 g/mol. The van der Waals surface area contributed by atoms with Crippen LogP contribution in [0.4, 0.5) is 5.69 Å². The lowest BCUT2D eigenvalue weighted by atomic mass is 10.1. The third-order valence-corrected chi connectivity index (χ3v) is 4.93. The number of amides is 1. The molecule has 1 unspecified atom stereocenters. The quantitative estimate of drug-likeness (QED) is 0.758. The van der Waals surface area contributed by atoms with Crippen LogP contribution in [-0.2, 0) is 0 Å². The van der Waals surface area contributed by atoms with Crippen molar-refractivity contribution in [2.75, 3.05) is 5.32 Å². The first-order chi connectivity index (χ1) is 10.3. The number of para-hydroxylation sites is 1. The first kappa shape index (κ1) is 12.6. The van der Waals surface area contributed by atoms with Gasteiger partial charge < -0.3 is 10.6 Å². The lowest BCUT2D eigenvalue weighted by molar-refractivity contribution is 0.0935. The fraction of sp³-hybridized carbons (Fsp3) is 0.0667. The molecule has 21 heavy (non-hydrogen) atoms. The van der Waals surface area contributed by atoms with Gasteiger partial charge in [-0.2, -0.15) is 11.3 Å². The Morgan fingerprint density at radius 2 is 2.00 bits per heavy atom. The molecule has 0 saturated carbocycles. The Hall–Kier alpha value is -2.18. The summed E-state index contributed by atoms with van der Waals surface area (Å²) in [7, 11) is 0. The van der Waals surface area contributed by atoms with Crippen molar-refractivity contribution in [3.63, 3.8) is 0 Å². The van der Waals surface area contributed by atoms with Gasteiger partial charge in [0.2, 0.25) is 0 Å². The molecule has 0 fully saturated rings. The average molecular weight is 313 g/mol. The van der Waals surface area contributed by atoms with E-state index in [9.17, 15) is 4.79 Å². The summed E-state index contributed by atoms with van der Waals surface area (Å²) in [4.78, 5) is 16.8. The summed E-state index contributed by atoms with van der Waals surface area (Å²) in [6.45, 7) is 0. The van der Waals surface area contributed by atoms with Crippen LogP contribution in [0.15, 0.2) is 46.5 Å². The number of aromatic nitrogens is 1. The molecule has 1 aliphatic heterocycles. The molecule has 3 aromatic rings. The number of fused-ring (bicyclic) bond motifs is 1. The van der Waals surface area contributed by atoms with Gasteiger partial charge in [0.05, 0.1) is 11.3 Å². The number of thiophene rings is 1. The number of benzene rings is 1. The summed E-state index contributed by atoms with van der Waals surface area (Å²) >= 11 is 3.24. The molecular formula is C15H11N3OS2. The molecule has 1 atom stereocenters. The highest BCUT2D eigenvalue weighted by Crippen LogP contribution is 2.30. The number of hydrogen-bond acceptors (Lipinski definition) is 5. The molecular weight excluding hydrogens is 302 g/mol. The summed E-state index contributed by atoms with van der Waals surface area (Å²) in [5, 5.41) is 13.3. The van der Waals surface area contributed by atoms with Crippen LogP contribution in [0.2, 0.25) is 0 Å².